The molecule has 0 radical (unpaired) electrons. The first-order valence-corrected chi connectivity index (χ1v) is 9.64. The van der Waals surface area contributed by atoms with Crippen LogP contribution in [0.15, 0.2) is 23.1 Å². The molecule has 1 fully saturated rings. The number of hydrogen-bond donors (Lipinski definition) is 1. The van der Waals surface area contributed by atoms with Crippen LogP contribution in [0.4, 0.5) is 13.2 Å². The maximum absolute atomic E-state index is 12.6. The van der Waals surface area contributed by atoms with E-state index < -0.39 is 22.7 Å². The molecule has 148 valence electrons. The second-order valence-corrected chi connectivity index (χ2v) is 7.94. The minimum atomic E-state index is -4.21. The van der Waals surface area contributed by atoms with Gasteiger partial charge in [-0.25, -0.2) is 13.1 Å². The number of rotatable bonds is 7. The zero-order valence-electron chi connectivity index (χ0n) is 14.7. The van der Waals surface area contributed by atoms with Crippen molar-refractivity contribution in [1.82, 2.24) is 9.62 Å². The molecule has 0 saturated carbocycles. The van der Waals surface area contributed by atoms with Gasteiger partial charge in [-0.1, -0.05) is 0 Å². The van der Waals surface area contributed by atoms with E-state index in [0.29, 0.717) is 31.7 Å². The van der Waals surface area contributed by atoms with Crippen LogP contribution in [-0.2, 0) is 10.0 Å². The van der Waals surface area contributed by atoms with Crippen molar-refractivity contribution in [2.45, 2.75) is 23.9 Å². The zero-order chi connectivity index (χ0) is 19.4. The van der Waals surface area contributed by atoms with Gasteiger partial charge in [-0.15, -0.1) is 0 Å². The lowest BCUT2D eigenvalue weighted by Gasteiger charge is -2.32. The number of piperidine rings is 1. The zero-order valence-corrected chi connectivity index (χ0v) is 15.5. The van der Waals surface area contributed by atoms with Gasteiger partial charge in [0.1, 0.15) is 16.4 Å². The topological polar surface area (TPSA) is 67.9 Å². The van der Waals surface area contributed by atoms with Crippen molar-refractivity contribution >= 4 is 10.0 Å². The summed E-state index contributed by atoms with van der Waals surface area (Å²) in [4.78, 5) is 1.31. The Morgan fingerprint density at radius 3 is 2.38 bits per heavy atom. The molecule has 0 aromatic heterocycles. The average molecular weight is 396 g/mol. The highest BCUT2D eigenvalue weighted by molar-refractivity contribution is 7.89. The lowest BCUT2D eigenvalue weighted by atomic mass is 9.97. The van der Waals surface area contributed by atoms with Gasteiger partial charge < -0.3 is 9.47 Å². The number of nitrogens with zero attached hydrogens (tertiary/aromatic N) is 1. The van der Waals surface area contributed by atoms with Gasteiger partial charge in [0.05, 0.1) is 20.8 Å². The molecule has 10 heteroatoms. The number of likely N-dealkylation sites (tertiary alicyclic amines) is 1. The first-order valence-electron chi connectivity index (χ1n) is 8.15. The van der Waals surface area contributed by atoms with Crippen LogP contribution in [-0.4, -0.2) is 59.9 Å². The molecule has 0 spiro atoms. The number of methoxy groups -OCH3 is 2. The molecule has 1 aliphatic rings. The second kappa shape index (κ2) is 8.45. The Labute approximate surface area is 151 Å². The molecule has 1 aromatic rings. The molecule has 0 atom stereocenters. The van der Waals surface area contributed by atoms with E-state index >= 15 is 0 Å². The standard InChI is InChI=1S/C16H23F3N2O4S/c1-24-13-3-4-14(25-2)15(9-13)26(22,23)20-10-12-5-7-21(8-6-12)11-16(17,18)19/h3-4,9,12,20H,5-8,10-11H2,1-2H3. The van der Waals surface area contributed by atoms with E-state index in [1.165, 1.54) is 31.3 Å². The smallest absolute Gasteiger partial charge is 0.401 e. The van der Waals surface area contributed by atoms with Crippen molar-refractivity contribution in [1.29, 1.82) is 0 Å². The Bertz CT molecular complexity index is 702. The number of halogens is 3. The minimum Gasteiger partial charge on any atom is -0.497 e. The molecular formula is C16H23F3N2O4S. The highest BCUT2D eigenvalue weighted by atomic mass is 32.2. The van der Waals surface area contributed by atoms with Crippen molar-refractivity contribution in [3.05, 3.63) is 18.2 Å². The van der Waals surface area contributed by atoms with Gasteiger partial charge in [0.15, 0.2) is 0 Å². The van der Waals surface area contributed by atoms with E-state index in [4.69, 9.17) is 9.47 Å². The van der Waals surface area contributed by atoms with Gasteiger partial charge in [-0.3, -0.25) is 4.90 Å². The van der Waals surface area contributed by atoms with Gasteiger partial charge in [-0.2, -0.15) is 13.2 Å². The first kappa shape index (κ1) is 20.8. The Hall–Kier alpha value is -1.52. The average Bonchev–Trinajstić information content (AvgIpc) is 2.59. The van der Waals surface area contributed by atoms with E-state index in [9.17, 15) is 21.6 Å². The molecule has 0 unspecified atom stereocenters. The van der Waals surface area contributed by atoms with E-state index in [1.54, 1.807) is 6.07 Å². The summed E-state index contributed by atoms with van der Waals surface area (Å²) in [5.74, 6) is 0.566. The van der Waals surface area contributed by atoms with Crippen molar-refractivity contribution < 1.29 is 31.1 Å². The van der Waals surface area contributed by atoms with E-state index in [0.717, 1.165) is 0 Å². The second-order valence-electron chi connectivity index (χ2n) is 6.20. The highest BCUT2D eigenvalue weighted by Gasteiger charge is 2.32. The largest absolute Gasteiger partial charge is 0.497 e. The van der Waals surface area contributed by atoms with Crippen LogP contribution in [0.25, 0.3) is 0 Å². The molecule has 1 N–H and O–H groups in total. The molecule has 1 heterocycles. The van der Waals surface area contributed by atoms with Crippen LogP contribution in [0.1, 0.15) is 12.8 Å². The van der Waals surface area contributed by atoms with Gasteiger partial charge >= 0.3 is 6.18 Å². The maximum Gasteiger partial charge on any atom is 0.401 e. The van der Waals surface area contributed by atoms with Gasteiger partial charge in [0.2, 0.25) is 10.0 Å². The van der Waals surface area contributed by atoms with Crippen LogP contribution in [0.2, 0.25) is 0 Å². The maximum atomic E-state index is 12.6. The van der Waals surface area contributed by atoms with Gasteiger partial charge in [0.25, 0.3) is 0 Å². The fraction of sp³-hybridized carbons (Fsp3) is 0.625. The third-order valence-electron chi connectivity index (χ3n) is 4.33. The summed E-state index contributed by atoms with van der Waals surface area (Å²) in [5, 5.41) is 0. The fourth-order valence-electron chi connectivity index (χ4n) is 2.90. The van der Waals surface area contributed by atoms with Gasteiger partial charge in [0, 0.05) is 12.6 Å². The van der Waals surface area contributed by atoms with Crippen LogP contribution in [0, 0.1) is 5.92 Å². The van der Waals surface area contributed by atoms with Crippen molar-refractivity contribution in [3.8, 4) is 11.5 Å². The monoisotopic (exact) mass is 396 g/mol. The summed E-state index contributed by atoms with van der Waals surface area (Å²) in [6.07, 6.45) is -3.20. The van der Waals surface area contributed by atoms with Crippen LogP contribution < -0.4 is 14.2 Å². The van der Waals surface area contributed by atoms with E-state index in [2.05, 4.69) is 4.72 Å². The molecule has 1 aromatic carbocycles. The lowest BCUT2D eigenvalue weighted by molar-refractivity contribution is -0.148. The highest BCUT2D eigenvalue weighted by Crippen LogP contribution is 2.28. The summed E-state index contributed by atoms with van der Waals surface area (Å²) in [6, 6.07) is 4.46. The third-order valence-corrected chi connectivity index (χ3v) is 5.78. The number of hydrogen-bond acceptors (Lipinski definition) is 5. The normalized spacial score (nSPS) is 17.3. The molecular weight excluding hydrogens is 373 g/mol. The first-order chi connectivity index (χ1) is 12.1. The molecule has 26 heavy (non-hydrogen) atoms. The van der Waals surface area contributed by atoms with Crippen LogP contribution >= 0.6 is 0 Å². The molecule has 0 bridgehead atoms. The predicted molar refractivity (Wildman–Crippen MR) is 90.0 cm³/mol. The number of sulfonamides is 1. The molecule has 0 aliphatic carbocycles. The van der Waals surface area contributed by atoms with Crippen LogP contribution in [0.5, 0.6) is 11.5 Å². The quantitative estimate of drug-likeness (QED) is 0.766. The third kappa shape index (κ3) is 5.75. The number of ether oxygens (including phenoxy) is 2. The van der Waals surface area contributed by atoms with E-state index in [-0.39, 0.29) is 23.1 Å². The summed E-state index contributed by atoms with van der Waals surface area (Å²) in [7, 11) is -1.02. The molecule has 1 saturated heterocycles. The predicted octanol–water partition coefficient (Wildman–Crippen LogP) is 2.26. The molecule has 6 nitrogen and oxygen atoms in total. The van der Waals surface area contributed by atoms with Crippen LogP contribution in [0.3, 0.4) is 0 Å². The summed E-state index contributed by atoms with van der Waals surface area (Å²) >= 11 is 0. The lowest BCUT2D eigenvalue weighted by Crippen LogP contribution is -2.42. The summed E-state index contributed by atoms with van der Waals surface area (Å²) < 4.78 is 75.0. The Morgan fingerprint density at radius 2 is 1.85 bits per heavy atom. The Balaban J connectivity index is 1.95. The van der Waals surface area contributed by atoms with Crippen molar-refractivity contribution in [3.63, 3.8) is 0 Å². The van der Waals surface area contributed by atoms with E-state index in [1.807, 2.05) is 0 Å². The van der Waals surface area contributed by atoms with Crippen molar-refractivity contribution in [2.75, 3.05) is 40.4 Å². The van der Waals surface area contributed by atoms with Crippen molar-refractivity contribution in [2.24, 2.45) is 5.92 Å². The fourth-order valence-corrected chi connectivity index (χ4v) is 4.20. The summed E-state index contributed by atoms with van der Waals surface area (Å²) in [6.45, 7) is -0.155. The minimum absolute atomic E-state index is 0.00846. The SMILES string of the molecule is COc1ccc(OC)c(S(=O)(=O)NCC2CCN(CC(F)(F)F)CC2)c1. The number of benzene rings is 1. The molecule has 2 rings (SSSR count). The number of nitrogens with one attached hydrogen (secondary N) is 1. The summed E-state index contributed by atoms with van der Waals surface area (Å²) in [5.41, 5.74) is 0. The Morgan fingerprint density at radius 1 is 1.19 bits per heavy atom. The molecule has 0 amide bonds. The number of alkyl halides is 3. The Kier molecular flexibility index (Phi) is 6.75. The van der Waals surface area contributed by atoms with Gasteiger partial charge in [-0.05, 0) is 44.0 Å². The molecule has 1 aliphatic heterocycles.